The maximum atomic E-state index is 12.0. The molecule has 23 heavy (non-hydrogen) atoms. The van der Waals surface area contributed by atoms with Gasteiger partial charge in [-0.2, -0.15) is 0 Å². The first kappa shape index (κ1) is 14.8. The number of rotatable bonds is 4. The van der Waals surface area contributed by atoms with Crippen LogP contribution in [0.25, 0.3) is 5.65 Å². The fraction of sp³-hybridized carbons (Fsp3) is 0.188. The molecular formula is C16H14N2O5. The molecule has 0 bridgehead atoms. The van der Waals surface area contributed by atoms with Crippen molar-refractivity contribution in [2.24, 2.45) is 0 Å². The summed E-state index contributed by atoms with van der Waals surface area (Å²) < 4.78 is 16.5. The van der Waals surface area contributed by atoms with Crippen LogP contribution in [0, 0.1) is 6.92 Å². The van der Waals surface area contributed by atoms with Crippen molar-refractivity contribution in [3.8, 4) is 5.75 Å². The number of carbonyl (C=O) groups excluding carboxylic acids is 1. The van der Waals surface area contributed by atoms with Crippen molar-refractivity contribution < 1.29 is 18.8 Å². The number of hydrogen-bond acceptors (Lipinski definition) is 6. The number of carbonyl (C=O) groups is 1. The van der Waals surface area contributed by atoms with Crippen molar-refractivity contribution in [3.63, 3.8) is 0 Å². The molecular weight excluding hydrogens is 300 g/mol. The van der Waals surface area contributed by atoms with E-state index in [1.54, 1.807) is 37.3 Å². The molecule has 0 aliphatic rings. The maximum Gasteiger partial charge on any atom is 0.338 e. The van der Waals surface area contributed by atoms with Gasteiger partial charge < -0.3 is 14.0 Å². The first-order valence-corrected chi connectivity index (χ1v) is 6.87. The van der Waals surface area contributed by atoms with Crippen molar-refractivity contribution in [1.29, 1.82) is 0 Å². The number of fused-ring (bicyclic) bond motifs is 1. The molecule has 1 aromatic carbocycles. The average molecular weight is 314 g/mol. The van der Waals surface area contributed by atoms with Gasteiger partial charge in [-0.3, -0.25) is 4.79 Å². The molecule has 7 nitrogen and oxygen atoms in total. The topological polar surface area (TPSA) is 83.0 Å². The van der Waals surface area contributed by atoms with Crippen molar-refractivity contribution in [2.45, 2.75) is 13.5 Å². The zero-order valence-corrected chi connectivity index (χ0v) is 12.6. The second-order valence-electron chi connectivity index (χ2n) is 4.89. The average Bonchev–Trinajstić information content (AvgIpc) is 2.93. The van der Waals surface area contributed by atoms with Gasteiger partial charge in [0.15, 0.2) is 5.65 Å². The molecule has 0 amide bonds. The van der Waals surface area contributed by atoms with Gasteiger partial charge in [0.1, 0.15) is 18.1 Å². The Morgan fingerprint density at radius 1 is 1.30 bits per heavy atom. The monoisotopic (exact) mass is 314 g/mol. The zero-order chi connectivity index (χ0) is 16.4. The van der Waals surface area contributed by atoms with Gasteiger partial charge in [-0.15, -0.1) is 4.57 Å². The predicted molar refractivity (Wildman–Crippen MR) is 80.6 cm³/mol. The smallest absolute Gasteiger partial charge is 0.338 e. The van der Waals surface area contributed by atoms with E-state index >= 15 is 0 Å². The number of hydrogen-bond donors (Lipinski definition) is 0. The fourth-order valence-electron chi connectivity index (χ4n) is 2.12. The summed E-state index contributed by atoms with van der Waals surface area (Å²) in [6.07, 6.45) is 0. The van der Waals surface area contributed by atoms with Crippen LogP contribution in [0.4, 0.5) is 0 Å². The summed E-state index contributed by atoms with van der Waals surface area (Å²) in [5.74, 6) is 0.612. The Morgan fingerprint density at radius 3 is 2.91 bits per heavy atom. The molecule has 0 aliphatic carbocycles. The molecule has 0 radical (unpaired) electrons. The number of aromatic nitrogens is 2. The number of ether oxygens (including phenoxy) is 2. The Bertz CT molecular complexity index is 926. The molecule has 3 aromatic rings. The molecule has 3 rings (SSSR count). The van der Waals surface area contributed by atoms with Crippen molar-refractivity contribution >= 4 is 11.6 Å². The van der Waals surface area contributed by atoms with Gasteiger partial charge in [0.2, 0.25) is 0 Å². The molecule has 0 fully saturated rings. The van der Waals surface area contributed by atoms with E-state index in [9.17, 15) is 9.59 Å². The Kier molecular flexibility index (Phi) is 3.84. The van der Waals surface area contributed by atoms with Crippen LogP contribution < -0.4 is 10.3 Å². The number of methoxy groups -OCH3 is 1. The Morgan fingerprint density at radius 2 is 2.13 bits per heavy atom. The number of esters is 1. The summed E-state index contributed by atoms with van der Waals surface area (Å²) in [6.45, 7) is 1.61. The van der Waals surface area contributed by atoms with Crippen molar-refractivity contribution in [1.82, 2.24) is 9.56 Å². The third-order valence-electron chi connectivity index (χ3n) is 3.18. The first-order chi connectivity index (χ1) is 11.1. The van der Waals surface area contributed by atoms with Gasteiger partial charge in [-0.05, 0) is 25.1 Å². The lowest BCUT2D eigenvalue weighted by molar-refractivity contribution is 0.0467. The zero-order valence-electron chi connectivity index (χ0n) is 12.6. The lowest BCUT2D eigenvalue weighted by Crippen LogP contribution is -2.15. The molecule has 0 N–H and O–H groups in total. The third-order valence-corrected chi connectivity index (χ3v) is 3.18. The molecule has 0 saturated heterocycles. The van der Waals surface area contributed by atoms with Crippen LogP contribution in [0.3, 0.4) is 0 Å². The van der Waals surface area contributed by atoms with Crippen LogP contribution in [0.5, 0.6) is 5.75 Å². The molecule has 0 aliphatic heterocycles. The number of nitrogens with zero attached hydrogens (tertiary/aromatic N) is 2. The minimum absolute atomic E-state index is 0.105. The van der Waals surface area contributed by atoms with Gasteiger partial charge in [-0.1, -0.05) is 6.07 Å². The van der Waals surface area contributed by atoms with E-state index < -0.39 is 5.97 Å². The SMILES string of the molecule is COc1cccc(C(=O)OCc2cc(=O)n3oc(C)cc3n2)c1. The van der Waals surface area contributed by atoms with E-state index in [-0.39, 0.29) is 12.2 Å². The fourth-order valence-corrected chi connectivity index (χ4v) is 2.12. The highest BCUT2D eigenvalue weighted by molar-refractivity contribution is 5.89. The molecule has 0 saturated carbocycles. The highest BCUT2D eigenvalue weighted by Crippen LogP contribution is 2.14. The van der Waals surface area contributed by atoms with Gasteiger partial charge in [-0.25, -0.2) is 9.78 Å². The predicted octanol–water partition coefficient (Wildman–Crippen LogP) is 1.96. The maximum absolute atomic E-state index is 12.0. The molecule has 2 heterocycles. The second-order valence-corrected chi connectivity index (χ2v) is 4.89. The Labute approximate surface area is 131 Å². The molecule has 7 heteroatoms. The van der Waals surface area contributed by atoms with E-state index in [1.165, 1.54) is 13.2 Å². The first-order valence-electron chi connectivity index (χ1n) is 6.87. The summed E-state index contributed by atoms with van der Waals surface area (Å²) in [5.41, 5.74) is 0.728. The van der Waals surface area contributed by atoms with Crippen LogP contribution in [-0.4, -0.2) is 22.6 Å². The van der Waals surface area contributed by atoms with Crippen LogP contribution >= 0.6 is 0 Å². The third kappa shape index (κ3) is 3.08. The Balaban J connectivity index is 1.77. The van der Waals surface area contributed by atoms with E-state index in [1.807, 2.05) is 0 Å². The summed E-state index contributed by atoms with van der Waals surface area (Å²) in [4.78, 5) is 28.1. The molecule has 118 valence electrons. The minimum Gasteiger partial charge on any atom is -0.497 e. The van der Waals surface area contributed by atoms with Gasteiger partial charge >= 0.3 is 5.97 Å². The van der Waals surface area contributed by atoms with Crippen LogP contribution in [0.1, 0.15) is 21.8 Å². The van der Waals surface area contributed by atoms with Crippen LogP contribution in [0.15, 0.2) is 45.7 Å². The minimum atomic E-state index is -0.519. The lowest BCUT2D eigenvalue weighted by atomic mass is 10.2. The lowest BCUT2D eigenvalue weighted by Gasteiger charge is -2.06. The number of benzene rings is 1. The highest BCUT2D eigenvalue weighted by atomic mass is 16.5. The van der Waals surface area contributed by atoms with Crippen molar-refractivity contribution in [3.05, 3.63) is 63.8 Å². The Hall–Kier alpha value is -3.09. The summed E-state index contributed by atoms with van der Waals surface area (Å²) >= 11 is 0. The standard InChI is InChI=1S/C16H14N2O5/c1-10-6-14-17-12(8-15(19)18(14)23-10)9-22-16(20)11-4-3-5-13(7-11)21-2/h3-8H,9H2,1-2H3. The van der Waals surface area contributed by atoms with Crippen LogP contribution in [-0.2, 0) is 11.3 Å². The van der Waals surface area contributed by atoms with Gasteiger partial charge in [0.05, 0.1) is 18.4 Å². The summed E-state index contributed by atoms with van der Waals surface area (Å²) in [6, 6.07) is 9.53. The number of aryl methyl sites for hydroxylation is 1. The van der Waals surface area contributed by atoms with E-state index in [2.05, 4.69) is 4.98 Å². The molecule has 2 aromatic heterocycles. The van der Waals surface area contributed by atoms with E-state index in [4.69, 9.17) is 14.0 Å². The largest absolute Gasteiger partial charge is 0.497 e. The normalized spacial score (nSPS) is 10.7. The van der Waals surface area contributed by atoms with Crippen LogP contribution in [0.2, 0.25) is 0 Å². The van der Waals surface area contributed by atoms with Gasteiger partial charge in [0, 0.05) is 12.1 Å². The van der Waals surface area contributed by atoms with Gasteiger partial charge in [0.25, 0.3) is 5.56 Å². The quantitative estimate of drug-likeness (QED) is 0.685. The van der Waals surface area contributed by atoms with E-state index in [0.29, 0.717) is 28.4 Å². The summed E-state index contributed by atoms with van der Waals surface area (Å²) in [5, 5.41) is 0. The van der Waals surface area contributed by atoms with E-state index in [0.717, 1.165) is 4.57 Å². The molecule has 0 unspecified atom stereocenters. The molecule has 0 atom stereocenters. The summed E-state index contributed by atoms with van der Waals surface area (Å²) in [7, 11) is 1.52. The highest BCUT2D eigenvalue weighted by Gasteiger charge is 2.11. The second kappa shape index (κ2) is 5.96. The van der Waals surface area contributed by atoms with Crippen molar-refractivity contribution in [2.75, 3.05) is 7.11 Å². The molecule has 0 spiro atoms.